The number of alkyl halides is 2. The number of thioether (sulfide) groups is 1. The Labute approximate surface area is 191 Å². The van der Waals surface area contributed by atoms with Gasteiger partial charge in [0.1, 0.15) is 10.6 Å². The Kier molecular flexibility index (Phi) is 6.49. The van der Waals surface area contributed by atoms with Crippen LogP contribution >= 0.6 is 11.8 Å². The molecule has 0 radical (unpaired) electrons. The number of aryl methyl sites for hydroxylation is 2. The number of nitrogens with zero attached hydrogens (tertiary/aromatic N) is 8. The second kappa shape index (κ2) is 9.18. The van der Waals surface area contributed by atoms with Gasteiger partial charge in [-0.25, -0.2) is 17.2 Å². The molecule has 0 aromatic carbocycles. The van der Waals surface area contributed by atoms with Crippen molar-refractivity contribution < 1.29 is 26.4 Å². The van der Waals surface area contributed by atoms with E-state index in [2.05, 4.69) is 20.4 Å². The lowest BCUT2D eigenvalue weighted by atomic mass is 10.2. The summed E-state index contributed by atoms with van der Waals surface area (Å²) in [6.45, 7) is 0.800. The second-order valence-corrected chi connectivity index (χ2v) is 10.1. The number of amides is 1. The van der Waals surface area contributed by atoms with Gasteiger partial charge in [-0.05, 0) is 0 Å². The molecular weight excluding hydrogens is 482 g/mol. The van der Waals surface area contributed by atoms with E-state index in [-0.39, 0.29) is 59.4 Å². The van der Waals surface area contributed by atoms with Gasteiger partial charge in [0.15, 0.2) is 0 Å². The van der Waals surface area contributed by atoms with Crippen LogP contribution in [0.25, 0.3) is 11.5 Å². The molecule has 1 aliphatic rings. The van der Waals surface area contributed by atoms with Crippen LogP contribution in [-0.2, 0) is 28.9 Å². The quantitative estimate of drug-likeness (QED) is 0.430. The number of carbonyl (C=O) groups is 1. The molecule has 16 heteroatoms. The highest BCUT2D eigenvalue weighted by Gasteiger charge is 2.31. The smallest absolute Gasteiger partial charge is 0.282 e. The topological polar surface area (TPSA) is 132 Å². The molecule has 0 spiro atoms. The number of halogens is 2. The van der Waals surface area contributed by atoms with Crippen LogP contribution < -0.4 is 0 Å². The third kappa shape index (κ3) is 4.91. The summed E-state index contributed by atoms with van der Waals surface area (Å²) in [5.41, 5.74) is -0.433. The Morgan fingerprint density at radius 3 is 2.52 bits per heavy atom. The summed E-state index contributed by atoms with van der Waals surface area (Å²) in [5, 5.41) is 15.2. The summed E-state index contributed by atoms with van der Waals surface area (Å²) in [6, 6.07) is 0. The second-order valence-electron chi connectivity index (χ2n) is 7.20. The third-order valence-corrected chi connectivity index (χ3v) is 7.59. The van der Waals surface area contributed by atoms with Gasteiger partial charge in [-0.3, -0.25) is 14.2 Å². The molecule has 0 bridgehead atoms. The summed E-state index contributed by atoms with van der Waals surface area (Å²) in [4.78, 5) is 14.2. The Morgan fingerprint density at radius 1 is 1.15 bits per heavy atom. The molecule has 33 heavy (non-hydrogen) atoms. The van der Waals surface area contributed by atoms with Gasteiger partial charge in [0.05, 0.1) is 17.5 Å². The van der Waals surface area contributed by atoms with E-state index in [1.165, 1.54) is 39.3 Å². The van der Waals surface area contributed by atoms with Crippen LogP contribution in [0.3, 0.4) is 0 Å². The molecule has 12 nitrogen and oxygen atoms in total. The maximum absolute atomic E-state index is 13.1. The summed E-state index contributed by atoms with van der Waals surface area (Å²) >= 11 is 0.976. The average molecular weight is 503 g/mol. The van der Waals surface area contributed by atoms with Gasteiger partial charge in [-0.2, -0.15) is 14.5 Å². The molecule has 4 rings (SSSR count). The van der Waals surface area contributed by atoms with Crippen molar-refractivity contribution in [3.63, 3.8) is 0 Å². The van der Waals surface area contributed by atoms with Crippen molar-refractivity contribution in [1.29, 1.82) is 0 Å². The molecule has 3 aromatic heterocycles. The minimum atomic E-state index is -3.66. The molecule has 1 aliphatic heterocycles. The standard InChI is InChI=1S/C17H20F2N8O4S2/c1-24-8-11(7-20-24)33(29,30)27-5-3-26(4-6-27)13(28)10-32-17-22-21-16(31-17)12-9-25(2)23-14(12)15(18)19/h7-9,15H,3-6,10H2,1-2H3. The molecule has 1 saturated heterocycles. The lowest BCUT2D eigenvalue weighted by Gasteiger charge is -2.33. The monoisotopic (exact) mass is 502 g/mol. The Balaban J connectivity index is 1.32. The molecule has 4 heterocycles. The first-order valence-corrected chi connectivity index (χ1v) is 12.1. The predicted octanol–water partition coefficient (Wildman–Crippen LogP) is 0.766. The maximum Gasteiger partial charge on any atom is 0.282 e. The van der Waals surface area contributed by atoms with E-state index >= 15 is 0 Å². The third-order valence-electron chi connectivity index (χ3n) is 4.93. The van der Waals surface area contributed by atoms with Crippen LogP contribution in [0.2, 0.25) is 0 Å². The van der Waals surface area contributed by atoms with E-state index in [9.17, 15) is 22.0 Å². The normalized spacial score (nSPS) is 15.5. The zero-order valence-electron chi connectivity index (χ0n) is 17.6. The predicted molar refractivity (Wildman–Crippen MR) is 111 cm³/mol. The first-order valence-electron chi connectivity index (χ1n) is 9.70. The summed E-state index contributed by atoms with van der Waals surface area (Å²) < 4.78 is 60.9. The first-order chi connectivity index (χ1) is 15.6. The van der Waals surface area contributed by atoms with Crippen LogP contribution in [0.4, 0.5) is 8.78 Å². The number of piperazine rings is 1. The van der Waals surface area contributed by atoms with Crippen LogP contribution in [0.15, 0.2) is 33.1 Å². The lowest BCUT2D eigenvalue weighted by molar-refractivity contribution is -0.129. The fourth-order valence-electron chi connectivity index (χ4n) is 3.28. The number of rotatable bonds is 7. The van der Waals surface area contributed by atoms with E-state index in [1.807, 2.05) is 0 Å². The van der Waals surface area contributed by atoms with E-state index in [0.717, 1.165) is 11.8 Å². The number of hydrogen-bond acceptors (Lipinski definition) is 9. The van der Waals surface area contributed by atoms with Crippen molar-refractivity contribution in [2.24, 2.45) is 14.1 Å². The Bertz CT molecular complexity index is 1250. The van der Waals surface area contributed by atoms with E-state index < -0.39 is 22.1 Å². The molecule has 1 fully saturated rings. The van der Waals surface area contributed by atoms with E-state index in [1.54, 1.807) is 11.9 Å². The van der Waals surface area contributed by atoms with Crippen molar-refractivity contribution >= 4 is 27.7 Å². The maximum atomic E-state index is 13.1. The summed E-state index contributed by atoms with van der Waals surface area (Å²) in [6.07, 6.45) is 1.27. The van der Waals surface area contributed by atoms with Gasteiger partial charge in [0.25, 0.3) is 17.5 Å². The van der Waals surface area contributed by atoms with Gasteiger partial charge in [0, 0.05) is 52.7 Å². The van der Waals surface area contributed by atoms with Crippen molar-refractivity contribution in [3.8, 4) is 11.5 Å². The zero-order chi connectivity index (χ0) is 23.8. The van der Waals surface area contributed by atoms with Crippen LogP contribution in [0.1, 0.15) is 12.1 Å². The largest absolute Gasteiger partial charge is 0.411 e. The lowest BCUT2D eigenvalue weighted by Crippen LogP contribution is -2.50. The Morgan fingerprint density at radius 2 is 1.88 bits per heavy atom. The molecule has 0 N–H and O–H groups in total. The van der Waals surface area contributed by atoms with Crippen LogP contribution in [0, 0.1) is 0 Å². The molecular formula is C17H20F2N8O4S2. The molecule has 3 aromatic rings. The van der Waals surface area contributed by atoms with Crippen molar-refractivity contribution in [2.75, 3.05) is 31.9 Å². The highest BCUT2D eigenvalue weighted by atomic mass is 32.2. The van der Waals surface area contributed by atoms with Gasteiger partial charge in [-0.1, -0.05) is 11.8 Å². The van der Waals surface area contributed by atoms with Crippen LogP contribution in [0.5, 0.6) is 0 Å². The molecule has 0 atom stereocenters. The van der Waals surface area contributed by atoms with Crippen molar-refractivity contribution in [3.05, 3.63) is 24.3 Å². The number of hydrogen-bond donors (Lipinski definition) is 0. The Hall–Kier alpha value is -2.85. The zero-order valence-corrected chi connectivity index (χ0v) is 19.3. The number of carbonyl (C=O) groups excluding carboxylic acids is 1. The number of aromatic nitrogens is 6. The highest BCUT2D eigenvalue weighted by molar-refractivity contribution is 7.99. The van der Waals surface area contributed by atoms with Crippen molar-refractivity contribution in [2.45, 2.75) is 16.5 Å². The minimum absolute atomic E-state index is 0.0221. The fourth-order valence-corrected chi connectivity index (χ4v) is 5.36. The average Bonchev–Trinajstić information content (AvgIpc) is 3.51. The highest BCUT2D eigenvalue weighted by Crippen LogP contribution is 2.30. The van der Waals surface area contributed by atoms with Gasteiger partial charge >= 0.3 is 0 Å². The molecule has 0 unspecified atom stereocenters. The molecule has 1 amide bonds. The van der Waals surface area contributed by atoms with Gasteiger partial charge in [-0.15, -0.1) is 10.2 Å². The molecule has 0 aliphatic carbocycles. The summed E-state index contributed by atoms with van der Waals surface area (Å²) in [5.74, 6) is -0.360. The number of sulfonamides is 1. The van der Waals surface area contributed by atoms with E-state index in [0.29, 0.717) is 0 Å². The summed E-state index contributed by atoms with van der Waals surface area (Å²) in [7, 11) is -0.529. The minimum Gasteiger partial charge on any atom is -0.411 e. The SMILES string of the molecule is Cn1cc(S(=O)(=O)N2CCN(C(=O)CSc3nnc(-c4cn(C)nc4C(F)F)o3)CC2)cn1. The van der Waals surface area contributed by atoms with Crippen molar-refractivity contribution in [1.82, 2.24) is 39.0 Å². The van der Waals surface area contributed by atoms with Crippen LogP contribution in [-0.4, -0.2) is 85.2 Å². The van der Waals surface area contributed by atoms with Gasteiger partial charge < -0.3 is 9.32 Å². The molecule has 0 saturated carbocycles. The van der Waals surface area contributed by atoms with Gasteiger partial charge in [0.2, 0.25) is 15.9 Å². The first kappa shape index (κ1) is 23.3. The van der Waals surface area contributed by atoms with E-state index in [4.69, 9.17) is 4.42 Å². The fraction of sp³-hybridized carbons (Fsp3) is 0.471. The molecule has 178 valence electrons.